The van der Waals surface area contributed by atoms with E-state index in [-0.39, 0.29) is 11.6 Å². The summed E-state index contributed by atoms with van der Waals surface area (Å²) in [7, 11) is 0. The first-order valence-electron chi connectivity index (χ1n) is 6.87. The van der Waals surface area contributed by atoms with Crippen molar-refractivity contribution < 1.29 is 19.4 Å². The summed E-state index contributed by atoms with van der Waals surface area (Å²) in [5, 5.41) is 8.92. The lowest BCUT2D eigenvalue weighted by Gasteiger charge is -2.37. The minimum Gasteiger partial charge on any atom is -0.481 e. The fraction of sp³-hybridized carbons (Fsp3) is 0.857. The van der Waals surface area contributed by atoms with E-state index in [2.05, 4.69) is 0 Å². The maximum atomic E-state index is 12.0. The van der Waals surface area contributed by atoms with Crippen LogP contribution in [0.3, 0.4) is 0 Å². The van der Waals surface area contributed by atoms with Crippen molar-refractivity contribution in [3.8, 4) is 0 Å². The van der Waals surface area contributed by atoms with Gasteiger partial charge in [-0.3, -0.25) is 9.59 Å². The van der Waals surface area contributed by atoms with Crippen molar-refractivity contribution in [2.45, 2.75) is 64.9 Å². The van der Waals surface area contributed by atoms with Gasteiger partial charge in [-0.2, -0.15) is 0 Å². The van der Waals surface area contributed by atoms with Crippen molar-refractivity contribution in [2.75, 3.05) is 0 Å². The van der Waals surface area contributed by atoms with E-state index in [4.69, 9.17) is 9.84 Å². The van der Waals surface area contributed by atoms with E-state index in [0.717, 1.165) is 32.1 Å². The van der Waals surface area contributed by atoms with Crippen molar-refractivity contribution in [2.24, 2.45) is 11.8 Å². The molecule has 0 aromatic rings. The van der Waals surface area contributed by atoms with E-state index in [1.165, 1.54) is 6.42 Å². The number of esters is 1. The number of rotatable bonds is 5. The number of hydrogen-bond acceptors (Lipinski definition) is 3. The van der Waals surface area contributed by atoms with Gasteiger partial charge in [0.25, 0.3) is 0 Å². The van der Waals surface area contributed by atoms with Crippen LogP contribution in [-0.4, -0.2) is 22.6 Å². The molecule has 0 bridgehead atoms. The van der Waals surface area contributed by atoms with Gasteiger partial charge in [0.05, 0.1) is 11.8 Å². The summed E-state index contributed by atoms with van der Waals surface area (Å²) in [5.74, 6) is -2.61. The van der Waals surface area contributed by atoms with Gasteiger partial charge in [-0.1, -0.05) is 27.2 Å². The lowest BCUT2D eigenvalue weighted by molar-refractivity contribution is -0.173. The molecule has 104 valence electrons. The normalized spacial score (nSPS) is 21.9. The molecule has 1 fully saturated rings. The third kappa shape index (κ3) is 3.47. The Bertz CT molecular complexity index is 305. The second-order valence-corrected chi connectivity index (χ2v) is 5.43. The Morgan fingerprint density at radius 1 is 1.17 bits per heavy atom. The van der Waals surface area contributed by atoms with Crippen molar-refractivity contribution >= 4 is 11.9 Å². The molecule has 1 rings (SSSR count). The molecule has 1 saturated carbocycles. The lowest BCUT2D eigenvalue weighted by atomic mass is 9.82. The van der Waals surface area contributed by atoms with Crippen LogP contribution in [-0.2, 0) is 14.3 Å². The van der Waals surface area contributed by atoms with E-state index < -0.39 is 17.8 Å². The first kappa shape index (κ1) is 15.0. The number of carboxylic acids is 1. The molecule has 1 aliphatic carbocycles. The summed E-state index contributed by atoms with van der Waals surface area (Å²) in [5.41, 5.74) is -0.345. The van der Waals surface area contributed by atoms with Gasteiger partial charge < -0.3 is 9.84 Å². The highest BCUT2D eigenvalue weighted by Gasteiger charge is 2.37. The molecule has 18 heavy (non-hydrogen) atoms. The lowest BCUT2D eigenvalue weighted by Crippen LogP contribution is -2.40. The van der Waals surface area contributed by atoms with Gasteiger partial charge in [-0.25, -0.2) is 0 Å². The summed E-state index contributed by atoms with van der Waals surface area (Å²) in [4.78, 5) is 22.9. The predicted molar refractivity (Wildman–Crippen MR) is 68.2 cm³/mol. The van der Waals surface area contributed by atoms with Gasteiger partial charge in [0, 0.05) is 0 Å². The van der Waals surface area contributed by atoms with Crippen LogP contribution in [0.2, 0.25) is 0 Å². The first-order chi connectivity index (χ1) is 8.42. The molecule has 1 N–H and O–H groups in total. The zero-order chi connectivity index (χ0) is 13.8. The first-order valence-corrected chi connectivity index (χ1v) is 6.87. The number of carbonyl (C=O) groups is 2. The Morgan fingerprint density at radius 2 is 1.72 bits per heavy atom. The molecule has 0 radical (unpaired) electrons. The van der Waals surface area contributed by atoms with Gasteiger partial charge in [-0.05, 0) is 32.1 Å². The van der Waals surface area contributed by atoms with E-state index in [9.17, 15) is 9.59 Å². The second kappa shape index (κ2) is 6.21. The van der Waals surface area contributed by atoms with Crippen LogP contribution in [0.4, 0.5) is 0 Å². The molecular formula is C14H24O4. The average Bonchev–Trinajstić information content (AvgIpc) is 2.37. The molecule has 0 saturated heterocycles. The van der Waals surface area contributed by atoms with Crippen LogP contribution in [0.5, 0.6) is 0 Å². The van der Waals surface area contributed by atoms with Gasteiger partial charge in [0.15, 0.2) is 0 Å². The largest absolute Gasteiger partial charge is 0.481 e. The number of aliphatic carboxylic acids is 1. The minimum atomic E-state index is -0.950. The van der Waals surface area contributed by atoms with Gasteiger partial charge in [0.2, 0.25) is 0 Å². The molecule has 2 unspecified atom stereocenters. The maximum Gasteiger partial charge on any atom is 0.310 e. The van der Waals surface area contributed by atoms with Crippen LogP contribution < -0.4 is 0 Å². The quantitative estimate of drug-likeness (QED) is 0.768. The van der Waals surface area contributed by atoms with Crippen molar-refractivity contribution in [3.63, 3.8) is 0 Å². The molecule has 0 aliphatic heterocycles. The monoisotopic (exact) mass is 256 g/mol. The molecule has 4 nitrogen and oxygen atoms in total. The predicted octanol–water partition coefficient (Wildman–Crippen LogP) is 3.00. The fourth-order valence-corrected chi connectivity index (χ4v) is 2.45. The number of carbonyl (C=O) groups excluding carboxylic acids is 1. The third-order valence-corrected chi connectivity index (χ3v) is 4.24. The van der Waals surface area contributed by atoms with Crippen LogP contribution in [0.1, 0.15) is 59.3 Å². The van der Waals surface area contributed by atoms with Crippen molar-refractivity contribution in [1.29, 1.82) is 0 Å². The molecular weight excluding hydrogens is 232 g/mol. The summed E-state index contributed by atoms with van der Waals surface area (Å²) in [6.45, 7) is 5.21. The number of ether oxygens (including phenoxy) is 1. The Hall–Kier alpha value is -1.06. The van der Waals surface area contributed by atoms with Crippen molar-refractivity contribution in [3.05, 3.63) is 0 Å². The summed E-state index contributed by atoms with van der Waals surface area (Å²) >= 11 is 0. The molecule has 0 aromatic carbocycles. The Kier molecular flexibility index (Phi) is 5.17. The Morgan fingerprint density at radius 3 is 2.17 bits per heavy atom. The molecule has 0 aromatic heterocycles. The zero-order valence-corrected chi connectivity index (χ0v) is 11.6. The van der Waals surface area contributed by atoms with Gasteiger partial charge in [0.1, 0.15) is 5.60 Å². The van der Waals surface area contributed by atoms with Crippen molar-refractivity contribution in [1.82, 2.24) is 0 Å². The van der Waals surface area contributed by atoms with Crippen LogP contribution >= 0.6 is 0 Å². The molecule has 0 spiro atoms. The highest BCUT2D eigenvalue weighted by atomic mass is 16.6. The standard InChI is InChI=1S/C14H24O4/c1-4-14(8-6-5-7-9-14)18-13(17)11(3)10(2)12(15)16/h10-11H,4-9H2,1-3H3,(H,15,16). The fourth-order valence-electron chi connectivity index (χ4n) is 2.45. The zero-order valence-electron chi connectivity index (χ0n) is 11.6. The van der Waals surface area contributed by atoms with Crippen LogP contribution in [0.25, 0.3) is 0 Å². The van der Waals surface area contributed by atoms with Gasteiger partial charge in [-0.15, -0.1) is 0 Å². The summed E-state index contributed by atoms with van der Waals surface area (Å²) in [6, 6.07) is 0. The molecule has 1 aliphatic rings. The SMILES string of the molecule is CCC1(OC(=O)C(C)C(C)C(=O)O)CCCCC1. The second-order valence-electron chi connectivity index (χ2n) is 5.43. The van der Waals surface area contributed by atoms with Crippen LogP contribution in [0, 0.1) is 11.8 Å². The third-order valence-electron chi connectivity index (χ3n) is 4.24. The highest BCUT2D eigenvalue weighted by Crippen LogP contribution is 2.35. The van der Waals surface area contributed by atoms with Gasteiger partial charge >= 0.3 is 11.9 Å². The average molecular weight is 256 g/mol. The molecule has 0 heterocycles. The van der Waals surface area contributed by atoms with Crippen LogP contribution in [0.15, 0.2) is 0 Å². The Balaban J connectivity index is 2.64. The Labute approximate surface area is 109 Å². The molecule has 4 heteroatoms. The summed E-state index contributed by atoms with van der Waals surface area (Å²) in [6.07, 6.45) is 5.99. The molecule has 2 atom stereocenters. The molecule has 0 amide bonds. The summed E-state index contributed by atoms with van der Waals surface area (Å²) < 4.78 is 5.66. The smallest absolute Gasteiger partial charge is 0.310 e. The topological polar surface area (TPSA) is 63.6 Å². The minimum absolute atomic E-state index is 0.345. The number of carboxylic acid groups (broad SMARTS) is 1. The van der Waals surface area contributed by atoms with E-state index >= 15 is 0 Å². The van der Waals surface area contributed by atoms with E-state index in [1.807, 2.05) is 6.92 Å². The highest BCUT2D eigenvalue weighted by molar-refractivity contribution is 5.80. The maximum absolute atomic E-state index is 12.0. The van der Waals surface area contributed by atoms with E-state index in [1.54, 1.807) is 13.8 Å². The van der Waals surface area contributed by atoms with E-state index in [0.29, 0.717) is 0 Å². The number of hydrogen-bond donors (Lipinski definition) is 1.